The summed E-state index contributed by atoms with van der Waals surface area (Å²) >= 11 is 0. The van der Waals surface area contributed by atoms with Gasteiger partial charge >= 0.3 is 0 Å². The molecule has 0 saturated carbocycles. The summed E-state index contributed by atoms with van der Waals surface area (Å²) < 4.78 is 0. The largest absolute Gasteiger partial charge is 0.395 e. The van der Waals surface area contributed by atoms with Crippen LogP contribution in [0.5, 0.6) is 0 Å². The van der Waals surface area contributed by atoms with Crippen LogP contribution in [-0.2, 0) is 0 Å². The normalized spacial score (nSPS) is 10.9. The first-order valence-electron chi connectivity index (χ1n) is 5.25. The van der Waals surface area contributed by atoms with Gasteiger partial charge in [-0.2, -0.15) is 0 Å². The number of aliphatic hydroxyl groups excluding tert-OH is 2. The quantitative estimate of drug-likeness (QED) is 0.234. The molecule has 94 valence electrons. The molecule has 0 aromatic heterocycles. The van der Waals surface area contributed by atoms with Gasteiger partial charge in [0, 0.05) is 44.9 Å². The Morgan fingerprint density at radius 2 is 1.50 bits per heavy atom. The minimum Gasteiger partial charge on any atom is -0.395 e. The molecule has 0 fully saturated rings. The van der Waals surface area contributed by atoms with Gasteiger partial charge in [0.05, 0.1) is 19.9 Å². The fraction of sp³-hybridized carbons (Fsp3) is 0.600. The molecule has 0 aliphatic heterocycles. The first kappa shape index (κ1) is 14.6. The van der Waals surface area contributed by atoms with Gasteiger partial charge in [0.15, 0.2) is 0 Å². The van der Waals surface area contributed by atoms with E-state index < -0.39 is 0 Å². The Labute approximate surface area is 96.6 Å². The molecule has 0 rings (SSSR count). The fourth-order valence-corrected chi connectivity index (χ4v) is 0.843. The fourth-order valence-electron chi connectivity index (χ4n) is 0.843. The molecule has 0 aliphatic carbocycles. The van der Waals surface area contributed by atoms with Crippen molar-refractivity contribution < 1.29 is 10.2 Å². The van der Waals surface area contributed by atoms with Crippen LogP contribution in [0.1, 0.15) is 0 Å². The van der Waals surface area contributed by atoms with Gasteiger partial charge in [0.1, 0.15) is 0 Å². The topological polar surface area (TPSA) is 79.8 Å². The maximum Gasteiger partial charge on any atom is 0.0864 e. The third-order valence-corrected chi connectivity index (χ3v) is 1.62. The molecule has 0 amide bonds. The van der Waals surface area contributed by atoms with Crippen LogP contribution >= 0.6 is 0 Å². The van der Waals surface area contributed by atoms with E-state index in [0.29, 0.717) is 19.8 Å². The Balaban J connectivity index is 3.38. The number of rotatable bonds is 10. The average molecular weight is 230 g/mol. The molecule has 0 unspecified atom stereocenters. The molecule has 0 atom stereocenters. The lowest BCUT2D eigenvalue weighted by molar-refractivity contribution is 0.298. The zero-order valence-corrected chi connectivity index (χ0v) is 9.69. The van der Waals surface area contributed by atoms with Gasteiger partial charge in [0.25, 0.3) is 0 Å². The second kappa shape index (κ2) is 11.7. The summed E-state index contributed by atoms with van der Waals surface area (Å²) in [6, 6.07) is 0. The van der Waals surface area contributed by atoms with E-state index in [1.165, 1.54) is 0 Å². The van der Waals surface area contributed by atoms with Crippen molar-refractivity contribution in [3.8, 4) is 0 Å². The lowest BCUT2D eigenvalue weighted by atomic mass is 10.6. The minimum absolute atomic E-state index is 0.128. The highest BCUT2D eigenvalue weighted by atomic mass is 16.3. The molecular weight excluding hydrogens is 208 g/mol. The Bertz CT molecular complexity index is 197. The Kier molecular flexibility index (Phi) is 10.7. The molecule has 0 bridgehead atoms. The summed E-state index contributed by atoms with van der Waals surface area (Å²) in [5.74, 6) is 0. The van der Waals surface area contributed by atoms with E-state index in [9.17, 15) is 0 Å². The van der Waals surface area contributed by atoms with E-state index in [2.05, 4.69) is 16.0 Å². The Morgan fingerprint density at radius 1 is 0.938 bits per heavy atom. The van der Waals surface area contributed by atoms with Gasteiger partial charge in [-0.3, -0.25) is 0 Å². The van der Waals surface area contributed by atoms with E-state index in [1.807, 2.05) is 18.1 Å². The van der Waals surface area contributed by atoms with Crippen LogP contribution in [0.2, 0.25) is 0 Å². The van der Waals surface area contributed by atoms with Crippen molar-refractivity contribution in [1.82, 2.24) is 20.9 Å². The first-order chi connectivity index (χ1) is 7.81. The highest BCUT2D eigenvalue weighted by Crippen LogP contribution is 1.79. The molecule has 0 spiro atoms. The zero-order chi connectivity index (χ0) is 12.1. The van der Waals surface area contributed by atoms with Gasteiger partial charge in [0.2, 0.25) is 0 Å². The maximum atomic E-state index is 8.52. The minimum atomic E-state index is 0.128. The molecule has 6 nitrogen and oxygen atoms in total. The third kappa shape index (κ3) is 10.7. The van der Waals surface area contributed by atoms with Gasteiger partial charge in [-0.25, -0.2) is 0 Å². The molecule has 0 radical (unpaired) electrons. The molecule has 5 N–H and O–H groups in total. The third-order valence-electron chi connectivity index (χ3n) is 1.62. The summed E-state index contributed by atoms with van der Waals surface area (Å²) in [5, 5.41) is 25.9. The number of hydrogen-bond donors (Lipinski definition) is 5. The summed E-state index contributed by atoms with van der Waals surface area (Å²) in [5.41, 5.74) is 0. The monoisotopic (exact) mass is 230 g/mol. The molecule has 0 aromatic carbocycles. The maximum absolute atomic E-state index is 8.52. The number of hydrogen-bond acceptors (Lipinski definition) is 6. The smallest absolute Gasteiger partial charge is 0.0864 e. The van der Waals surface area contributed by atoms with Crippen molar-refractivity contribution in [2.45, 2.75) is 0 Å². The van der Waals surface area contributed by atoms with Crippen LogP contribution in [0.4, 0.5) is 0 Å². The molecule has 0 saturated heterocycles. The molecule has 16 heavy (non-hydrogen) atoms. The Hall–Kier alpha value is -1.40. The summed E-state index contributed by atoms with van der Waals surface area (Å²) in [6.45, 7) is 2.05. The van der Waals surface area contributed by atoms with Crippen molar-refractivity contribution in [1.29, 1.82) is 0 Å². The average Bonchev–Trinajstić information content (AvgIpc) is 2.29. The van der Waals surface area contributed by atoms with Crippen molar-refractivity contribution in [3.05, 3.63) is 24.8 Å². The zero-order valence-electron chi connectivity index (χ0n) is 9.69. The molecule has 0 heterocycles. The second-order valence-corrected chi connectivity index (χ2v) is 3.12. The van der Waals surface area contributed by atoms with Crippen molar-refractivity contribution >= 4 is 0 Å². The van der Waals surface area contributed by atoms with E-state index >= 15 is 0 Å². The first-order valence-corrected chi connectivity index (χ1v) is 5.25. The van der Waals surface area contributed by atoms with E-state index in [1.54, 1.807) is 18.6 Å². The van der Waals surface area contributed by atoms with Crippen LogP contribution in [0.15, 0.2) is 24.8 Å². The summed E-state index contributed by atoms with van der Waals surface area (Å²) in [7, 11) is 1.93. The Morgan fingerprint density at radius 3 is 2.12 bits per heavy atom. The number of aliphatic hydroxyl groups is 2. The van der Waals surface area contributed by atoms with Crippen molar-refractivity contribution in [3.63, 3.8) is 0 Å². The van der Waals surface area contributed by atoms with Crippen LogP contribution in [-0.4, -0.2) is 55.1 Å². The van der Waals surface area contributed by atoms with E-state index in [-0.39, 0.29) is 13.2 Å². The molecule has 0 aromatic rings. The van der Waals surface area contributed by atoms with Crippen LogP contribution < -0.4 is 16.0 Å². The second-order valence-electron chi connectivity index (χ2n) is 3.12. The molecule has 0 aliphatic rings. The highest BCUT2D eigenvalue weighted by Gasteiger charge is 1.85. The summed E-state index contributed by atoms with van der Waals surface area (Å²) in [4.78, 5) is 1.95. The number of nitrogens with zero attached hydrogens (tertiary/aromatic N) is 1. The predicted molar refractivity (Wildman–Crippen MR) is 64.2 cm³/mol. The van der Waals surface area contributed by atoms with Crippen LogP contribution in [0.25, 0.3) is 0 Å². The van der Waals surface area contributed by atoms with Gasteiger partial charge in [-0.15, -0.1) is 0 Å². The van der Waals surface area contributed by atoms with Gasteiger partial charge in [-0.05, 0) is 0 Å². The SMILES string of the molecule is CN(/C=C\NCCO)CN/C=C\NCCO. The van der Waals surface area contributed by atoms with E-state index in [4.69, 9.17) is 10.2 Å². The molecular formula is C10H22N4O2. The lowest BCUT2D eigenvalue weighted by Gasteiger charge is -2.13. The van der Waals surface area contributed by atoms with Gasteiger partial charge < -0.3 is 31.1 Å². The standard InChI is InChI=1S/C10H22N4O2/c1-14(7-4-12-6-9-16)10-13-3-2-11-5-8-15/h2-4,7,11-13,15-16H,5-6,8-10H2,1H3/b3-2-,7-4-. The van der Waals surface area contributed by atoms with E-state index in [0.717, 1.165) is 0 Å². The number of nitrogens with one attached hydrogen (secondary N) is 3. The van der Waals surface area contributed by atoms with Crippen molar-refractivity contribution in [2.24, 2.45) is 0 Å². The molecule has 6 heteroatoms. The van der Waals surface area contributed by atoms with Crippen LogP contribution in [0.3, 0.4) is 0 Å². The van der Waals surface area contributed by atoms with Gasteiger partial charge in [-0.1, -0.05) is 0 Å². The van der Waals surface area contributed by atoms with Crippen LogP contribution in [0, 0.1) is 0 Å². The van der Waals surface area contributed by atoms with Crippen molar-refractivity contribution in [2.75, 3.05) is 40.0 Å². The summed E-state index contributed by atoms with van der Waals surface area (Å²) in [6.07, 6.45) is 7.18. The highest BCUT2D eigenvalue weighted by molar-refractivity contribution is 4.81. The predicted octanol–water partition coefficient (Wildman–Crippen LogP) is -1.43. The lowest BCUT2D eigenvalue weighted by Crippen LogP contribution is -2.25.